The van der Waals surface area contributed by atoms with Gasteiger partial charge in [-0.15, -0.1) is 0 Å². The van der Waals surface area contributed by atoms with Crippen molar-refractivity contribution in [3.63, 3.8) is 0 Å². The zero-order valence-corrected chi connectivity index (χ0v) is 14.0. The Kier molecular flexibility index (Phi) is 4.28. The predicted molar refractivity (Wildman–Crippen MR) is 86.3 cm³/mol. The molecule has 0 spiro atoms. The van der Waals surface area contributed by atoms with Crippen LogP contribution in [0.25, 0.3) is 0 Å². The Balaban J connectivity index is 2.44. The molecule has 0 aliphatic rings. The molecule has 124 valence electrons. The maximum absolute atomic E-state index is 12.4. The van der Waals surface area contributed by atoms with E-state index >= 15 is 0 Å². The highest BCUT2D eigenvalue weighted by Crippen LogP contribution is 2.15. The molecule has 0 fully saturated rings. The third kappa shape index (κ3) is 3.26. The molecule has 0 bridgehead atoms. The van der Waals surface area contributed by atoms with Crippen molar-refractivity contribution < 1.29 is 8.42 Å². The van der Waals surface area contributed by atoms with E-state index < -0.39 is 26.2 Å². The second kappa shape index (κ2) is 5.88. The van der Waals surface area contributed by atoms with Crippen molar-refractivity contribution in [2.45, 2.75) is 4.90 Å². The number of nitrogens with one attached hydrogen (secondary N) is 1. The molecule has 9 nitrogen and oxygen atoms in total. The standard InChI is InChI=1S/C13H17N5O4S/c1-16(2)11-6-5-9(7-14-11)15-23(21,22)10-8-17(3)13(20)18(4)12(10)19/h5-8,15H,1-4H3. The van der Waals surface area contributed by atoms with E-state index in [-0.39, 0.29) is 5.69 Å². The van der Waals surface area contributed by atoms with Gasteiger partial charge in [0.2, 0.25) is 0 Å². The van der Waals surface area contributed by atoms with Gasteiger partial charge in [-0.05, 0) is 12.1 Å². The lowest BCUT2D eigenvalue weighted by atomic mass is 10.4. The summed E-state index contributed by atoms with van der Waals surface area (Å²) in [6.45, 7) is 0. The van der Waals surface area contributed by atoms with Crippen LogP contribution in [-0.4, -0.2) is 36.6 Å². The molecule has 0 saturated heterocycles. The molecule has 0 radical (unpaired) electrons. The van der Waals surface area contributed by atoms with Crippen LogP contribution in [0.5, 0.6) is 0 Å². The number of aromatic nitrogens is 3. The van der Waals surface area contributed by atoms with E-state index in [4.69, 9.17) is 0 Å². The van der Waals surface area contributed by atoms with Crippen LogP contribution in [0.3, 0.4) is 0 Å². The summed E-state index contributed by atoms with van der Waals surface area (Å²) >= 11 is 0. The van der Waals surface area contributed by atoms with Crippen molar-refractivity contribution >= 4 is 21.5 Å². The van der Waals surface area contributed by atoms with E-state index in [1.165, 1.54) is 26.4 Å². The van der Waals surface area contributed by atoms with Crippen molar-refractivity contribution in [2.75, 3.05) is 23.7 Å². The number of hydrogen-bond acceptors (Lipinski definition) is 6. The summed E-state index contributed by atoms with van der Waals surface area (Å²) in [4.78, 5) is 29.0. The third-order valence-corrected chi connectivity index (χ3v) is 4.53. The molecule has 0 aliphatic carbocycles. The summed E-state index contributed by atoms with van der Waals surface area (Å²) in [5.41, 5.74) is -1.28. The maximum atomic E-state index is 12.4. The second-order valence-electron chi connectivity index (χ2n) is 5.16. The Labute approximate surface area is 132 Å². The Morgan fingerprint density at radius 1 is 1.17 bits per heavy atom. The average molecular weight is 339 g/mol. The first-order chi connectivity index (χ1) is 10.6. The number of rotatable bonds is 4. The highest BCUT2D eigenvalue weighted by Gasteiger charge is 2.21. The van der Waals surface area contributed by atoms with E-state index in [9.17, 15) is 18.0 Å². The molecular formula is C13H17N5O4S. The van der Waals surface area contributed by atoms with Crippen molar-refractivity contribution in [1.29, 1.82) is 0 Å². The zero-order chi connectivity index (χ0) is 17.4. The van der Waals surface area contributed by atoms with Crippen LogP contribution >= 0.6 is 0 Å². The first kappa shape index (κ1) is 16.7. The summed E-state index contributed by atoms with van der Waals surface area (Å²) in [5.74, 6) is 0.658. The van der Waals surface area contributed by atoms with E-state index in [2.05, 4.69) is 9.71 Å². The van der Waals surface area contributed by atoms with Crippen LogP contribution in [0.1, 0.15) is 0 Å². The van der Waals surface area contributed by atoms with Crippen LogP contribution in [0.15, 0.2) is 39.0 Å². The normalized spacial score (nSPS) is 11.3. The molecular weight excluding hydrogens is 322 g/mol. The molecule has 2 aromatic rings. The Morgan fingerprint density at radius 3 is 2.35 bits per heavy atom. The summed E-state index contributed by atoms with van der Waals surface area (Å²) in [7, 11) is 2.06. The fourth-order valence-corrected chi connectivity index (χ4v) is 3.09. The van der Waals surface area contributed by atoms with Crippen molar-refractivity contribution in [3.05, 3.63) is 45.4 Å². The minimum absolute atomic E-state index is 0.214. The van der Waals surface area contributed by atoms with Crippen LogP contribution < -0.4 is 20.9 Å². The lowest BCUT2D eigenvalue weighted by molar-refractivity contribution is 0.589. The second-order valence-corrected chi connectivity index (χ2v) is 6.81. The lowest BCUT2D eigenvalue weighted by Crippen LogP contribution is -2.40. The minimum atomic E-state index is -4.14. The summed E-state index contributed by atoms with van der Waals surface area (Å²) in [6, 6.07) is 3.17. The van der Waals surface area contributed by atoms with Crippen LogP contribution in [0.2, 0.25) is 0 Å². The largest absolute Gasteiger partial charge is 0.363 e. The van der Waals surface area contributed by atoms with Gasteiger partial charge in [0.05, 0.1) is 11.9 Å². The summed E-state index contributed by atoms with van der Waals surface area (Å²) in [6.07, 6.45) is 2.34. The molecule has 0 saturated carbocycles. The van der Waals surface area contributed by atoms with Gasteiger partial charge < -0.3 is 9.47 Å². The fraction of sp³-hybridized carbons (Fsp3) is 0.308. The highest BCUT2D eigenvalue weighted by molar-refractivity contribution is 7.92. The molecule has 0 amide bonds. The number of aryl methyl sites for hydroxylation is 1. The van der Waals surface area contributed by atoms with Crippen LogP contribution in [0.4, 0.5) is 11.5 Å². The number of pyridine rings is 1. The van der Waals surface area contributed by atoms with Crippen LogP contribution in [0, 0.1) is 0 Å². The van der Waals surface area contributed by atoms with Gasteiger partial charge in [0.1, 0.15) is 5.82 Å². The SMILES string of the molecule is CN(C)c1ccc(NS(=O)(=O)c2cn(C)c(=O)n(C)c2=O)cn1. The number of sulfonamides is 1. The van der Waals surface area contributed by atoms with Crippen LogP contribution in [-0.2, 0) is 24.1 Å². The molecule has 2 heterocycles. The molecule has 23 heavy (non-hydrogen) atoms. The third-order valence-electron chi connectivity index (χ3n) is 3.16. The Hall–Kier alpha value is -2.62. The predicted octanol–water partition coefficient (Wildman–Crippen LogP) is -0.654. The van der Waals surface area contributed by atoms with Crippen molar-refractivity contribution in [1.82, 2.24) is 14.1 Å². The van der Waals surface area contributed by atoms with Gasteiger partial charge in [-0.3, -0.25) is 14.1 Å². The quantitative estimate of drug-likeness (QED) is 0.793. The molecule has 1 N–H and O–H groups in total. The molecule has 0 aliphatic heterocycles. The van der Waals surface area contributed by atoms with E-state index in [0.29, 0.717) is 5.82 Å². The molecule has 0 unspecified atom stereocenters. The molecule has 0 atom stereocenters. The zero-order valence-electron chi connectivity index (χ0n) is 13.1. The molecule has 2 rings (SSSR count). The molecule has 10 heteroatoms. The molecule has 0 aromatic carbocycles. The first-order valence-corrected chi connectivity index (χ1v) is 8.04. The van der Waals surface area contributed by atoms with Gasteiger partial charge in [-0.25, -0.2) is 18.2 Å². The first-order valence-electron chi connectivity index (χ1n) is 6.56. The summed E-state index contributed by atoms with van der Waals surface area (Å²) < 4.78 is 28.8. The van der Waals surface area contributed by atoms with E-state index in [1.807, 2.05) is 0 Å². The minimum Gasteiger partial charge on any atom is -0.363 e. The van der Waals surface area contributed by atoms with E-state index in [1.54, 1.807) is 25.1 Å². The van der Waals surface area contributed by atoms with Gasteiger partial charge in [0.15, 0.2) is 4.90 Å². The molecule has 2 aromatic heterocycles. The van der Waals surface area contributed by atoms with Crippen molar-refractivity contribution in [2.24, 2.45) is 14.1 Å². The van der Waals surface area contributed by atoms with Gasteiger partial charge in [-0.2, -0.15) is 0 Å². The Morgan fingerprint density at radius 2 is 1.83 bits per heavy atom. The Bertz CT molecular complexity index is 942. The van der Waals surface area contributed by atoms with Gasteiger partial charge in [0, 0.05) is 34.4 Å². The topological polar surface area (TPSA) is 106 Å². The lowest BCUT2D eigenvalue weighted by Gasteiger charge is -2.12. The maximum Gasteiger partial charge on any atom is 0.330 e. The van der Waals surface area contributed by atoms with Gasteiger partial charge in [0.25, 0.3) is 15.6 Å². The highest BCUT2D eigenvalue weighted by atomic mass is 32.2. The number of hydrogen-bond donors (Lipinski definition) is 1. The van der Waals surface area contributed by atoms with Gasteiger partial charge in [-0.1, -0.05) is 0 Å². The van der Waals surface area contributed by atoms with E-state index in [0.717, 1.165) is 15.3 Å². The van der Waals surface area contributed by atoms with Crippen molar-refractivity contribution in [3.8, 4) is 0 Å². The number of anilines is 2. The summed E-state index contributed by atoms with van der Waals surface area (Å²) in [5, 5.41) is 0. The van der Waals surface area contributed by atoms with Gasteiger partial charge >= 0.3 is 5.69 Å². The fourth-order valence-electron chi connectivity index (χ4n) is 1.88. The number of nitrogens with zero attached hydrogens (tertiary/aromatic N) is 4. The average Bonchev–Trinajstić information content (AvgIpc) is 2.48. The smallest absolute Gasteiger partial charge is 0.330 e. The monoisotopic (exact) mass is 339 g/mol.